The molecule has 0 radical (unpaired) electrons. The zero-order valence-corrected chi connectivity index (χ0v) is 11.3. The van der Waals surface area contributed by atoms with Crippen molar-refractivity contribution in [3.05, 3.63) is 18.2 Å². The lowest BCUT2D eigenvalue weighted by Crippen LogP contribution is -2.40. The molecule has 1 unspecified atom stereocenters. The van der Waals surface area contributed by atoms with E-state index < -0.39 is 0 Å². The van der Waals surface area contributed by atoms with Crippen LogP contribution in [0.2, 0.25) is 0 Å². The van der Waals surface area contributed by atoms with Gasteiger partial charge in [-0.25, -0.2) is 4.98 Å². The highest BCUT2D eigenvalue weighted by molar-refractivity contribution is 4.92. The van der Waals surface area contributed by atoms with E-state index in [0.29, 0.717) is 0 Å². The summed E-state index contributed by atoms with van der Waals surface area (Å²) in [5, 5.41) is 3.67. The number of hydrogen-bond donors (Lipinski definition) is 1. The van der Waals surface area contributed by atoms with E-state index in [1.54, 1.807) is 0 Å². The second-order valence-electron chi connectivity index (χ2n) is 5.88. The summed E-state index contributed by atoms with van der Waals surface area (Å²) in [5.74, 6) is 2.02. The summed E-state index contributed by atoms with van der Waals surface area (Å²) in [6, 6.07) is 0.843. The second kappa shape index (κ2) is 5.41. The molecule has 1 saturated heterocycles. The molecule has 1 aliphatic carbocycles. The highest BCUT2D eigenvalue weighted by Crippen LogP contribution is 2.21. The second-order valence-corrected chi connectivity index (χ2v) is 5.88. The minimum absolute atomic E-state index is 0.833. The van der Waals surface area contributed by atoms with Crippen molar-refractivity contribution in [2.75, 3.05) is 19.6 Å². The third kappa shape index (κ3) is 3.12. The van der Waals surface area contributed by atoms with Gasteiger partial charge in [0.25, 0.3) is 0 Å². The van der Waals surface area contributed by atoms with Crippen LogP contribution < -0.4 is 5.32 Å². The maximum Gasteiger partial charge on any atom is 0.122 e. The summed E-state index contributed by atoms with van der Waals surface area (Å²) in [6.07, 6.45) is 9.43. The largest absolute Gasteiger partial charge is 0.337 e. The summed E-state index contributed by atoms with van der Waals surface area (Å²) in [5.41, 5.74) is 0. The van der Waals surface area contributed by atoms with Crippen molar-refractivity contribution in [2.45, 2.75) is 38.3 Å². The molecule has 4 nitrogen and oxygen atoms in total. The fourth-order valence-electron chi connectivity index (χ4n) is 2.83. The summed E-state index contributed by atoms with van der Waals surface area (Å²) >= 11 is 0. The first-order valence-electron chi connectivity index (χ1n) is 7.23. The van der Waals surface area contributed by atoms with Gasteiger partial charge < -0.3 is 9.88 Å². The van der Waals surface area contributed by atoms with Crippen LogP contribution in [0.5, 0.6) is 0 Å². The number of piperidine rings is 1. The average molecular weight is 248 g/mol. The predicted molar refractivity (Wildman–Crippen MR) is 72.2 cm³/mol. The molecule has 1 N–H and O–H groups in total. The van der Waals surface area contributed by atoms with Crippen molar-refractivity contribution < 1.29 is 0 Å². The highest BCUT2D eigenvalue weighted by Gasteiger charge is 2.25. The van der Waals surface area contributed by atoms with E-state index in [1.165, 1.54) is 51.1 Å². The molecular weight excluding hydrogens is 224 g/mol. The third-order valence-corrected chi connectivity index (χ3v) is 4.16. The highest BCUT2D eigenvalue weighted by atomic mass is 15.2. The Hall–Kier alpha value is -0.870. The first-order chi connectivity index (χ1) is 8.81. The molecule has 2 fully saturated rings. The fourth-order valence-corrected chi connectivity index (χ4v) is 2.83. The SMILES string of the molecule is Cn1ccnc1CN1CCCC(CNC2CC2)C1. The van der Waals surface area contributed by atoms with Crippen molar-refractivity contribution in [1.29, 1.82) is 0 Å². The number of aromatic nitrogens is 2. The van der Waals surface area contributed by atoms with Crippen molar-refractivity contribution in [3.8, 4) is 0 Å². The Balaban J connectivity index is 1.48. The lowest BCUT2D eigenvalue weighted by molar-refractivity contribution is 0.160. The molecule has 2 aliphatic rings. The van der Waals surface area contributed by atoms with E-state index >= 15 is 0 Å². The number of likely N-dealkylation sites (tertiary alicyclic amines) is 1. The standard InChI is InChI=1S/C14H24N4/c1-17-8-6-15-14(17)11-18-7-2-3-12(10-18)9-16-13-4-5-13/h6,8,12-13,16H,2-5,7,9-11H2,1H3. The molecule has 100 valence electrons. The number of imidazole rings is 1. The number of rotatable bonds is 5. The maximum atomic E-state index is 4.42. The Morgan fingerprint density at radius 1 is 1.39 bits per heavy atom. The van der Waals surface area contributed by atoms with Crippen molar-refractivity contribution in [2.24, 2.45) is 13.0 Å². The quantitative estimate of drug-likeness (QED) is 0.854. The van der Waals surface area contributed by atoms with Crippen LogP contribution in [0.15, 0.2) is 12.4 Å². The van der Waals surface area contributed by atoms with Crippen molar-refractivity contribution in [3.63, 3.8) is 0 Å². The maximum absolute atomic E-state index is 4.42. The summed E-state index contributed by atoms with van der Waals surface area (Å²) in [6.45, 7) is 4.67. The van der Waals surface area contributed by atoms with E-state index in [2.05, 4.69) is 26.8 Å². The van der Waals surface area contributed by atoms with Gasteiger partial charge in [-0.05, 0) is 44.7 Å². The van der Waals surface area contributed by atoms with Gasteiger partial charge in [-0.3, -0.25) is 4.90 Å². The van der Waals surface area contributed by atoms with Gasteiger partial charge in [0.15, 0.2) is 0 Å². The molecule has 1 aliphatic heterocycles. The minimum atomic E-state index is 0.833. The van der Waals surface area contributed by atoms with E-state index in [9.17, 15) is 0 Å². The Labute approximate surface area is 109 Å². The molecule has 4 heteroatoms. The van der Waals surface area contributed by atoms with Gasteiger partial charge in [0.2, 0.25) is 0 Å². The number of nitrogens with one attached hydrogen (secondary N) is 1. The van der Waals surface area contributed by atoms with Crippen LogP contribution in [0.25, 0.3) is 0 Å². The predicted octanol–water partition coefficient (Wildman–Crippen LogP) is 1.38. The molecule has 3 rings (SSSR count). The van der Waals surface area contributed by atoms with Crippen molar-refractivity contribution >= 4 is 0 Å². The summed E-state index contributed by atoms with van der Waals surface area (Å²) in [7, 11) is 2.08. The molecule has 18 heavy (non-hydrogen) atoms. The molecule has 0 aromatic carbocycles. The van der Waals surface area contributed by atoms with Crippen LogP contribution >= 0.6 is 0 Å². The lowest BCUT2D eigenvalue weighted by atomic mass is 9.98. The van der Waals surface area contributed by atoms with E-state index in [4.69, 9.17) is 0 Å². The molecule has 0 bridgehead atoms. The molecule has 2 heterocycles. The van der Waals surface area contributed by atoms with Crippen LogP contribution in [0.1, 0.15) is 31.5 Å². The van der Waals surface area contributed by atoms with Gasteiger partial charge in [-0.2, -0.15) is 0 Å². The average Bonchev–Trinajstić information content (AvgIpc) is 3.13. The van der Waals surface area contributed by atoms with E-state index in [1.807, 2.05) is 12.4 Å². The zero-order chi connectivity index (χ0) is 12.4. The molecule has 1 atom stereocenters. The smallest absolute Gasteiger partial charge is 0.122 e. The molecule has 0 spiro atoms. The Bertz CT molecular complexity index is 383. The van der Waals surface area contributed by atoms with Gasteiger partial charge in [0.1, 0.15) is 5.82 Å². The minimum Gasteiger partial charge on any atom is -0.337 e. The van der Waals surface area contributed by atoms with E-state index in [0.717, 1.165) is 18.5 Å². The van der Waals surface area contributed by atoms with Gasteiger partial charge in [0.05, 0.1) is 6.54 Å². The molecule has 1 aromatic heterocycles. The fraction of sp³-hybridized carbons (Fsp3) is 0.786. The normalized spacial score (nSPS) is 25.5. The van der Waals surface area contributed by atoms with Crippen LogP contribution in [-0.4, -0.2) is 40.1 Å². The lowest BCUT2D eigenvalue weighted by Gasteiger charge is -2.32. The van der Waals surface area contributed by atoms with Gasteiger partial charge in [-0.15, -0.1) is 0 Å². The van der Waals surface area contributed by atoms with Crippen molar-refractivity contribution in [1.82, 2.24) is 19.8 Å². The molecular formula is C14H24N4. The molecule has 1 aromatic rings. The molecule has 1 saturated carbocycles. The number of aryl methyl sites for hydroxylation is 1. The first-order valence-corrected chi connectivity index (χ1v) is 7.23. The van der Waals surface area contributed by atoms with E-state index in [-0.39, 0.29) is 0 Å². The summed E-state index contributed by atoms with van der Waals surface area (Å²) in [4.78, 5) is 6.99. The van der Waals surface area contributed by atoms with Gasteiger partial charge in [-0.1, -0.05) is 0 Å². The zero-order valence-electron chi connectivity index (χ0n) is 11.3. The Morgan fingerprint density at radius 3 is 3.00 bits per heavy atom. The summed E-state index contributed by atoms with van der Waals surface area (Å²) < 4.78 is 2.13. The van der Waals surface area contributed by atoms with Crippen LogP contribution in [-0.2, 0) is 13.6 Å². The topological polar surface area (TPSA) is 33.1 Å². The number of nitrogens with zero attached hydrogens (tertiary/aromatic N) is 3. The van der Waals surface area contributed by atoms with Crippen LogP contribution in [0.4, 0.5) is 0 Å². The van der Waals surface area contributed by atoms with Gasteiger partial charge in [0, 0.05) is 32.0 Å². The first kappa shape index (κ1) is 12.2. The van der Waals surface area contributed by atoms with Crippen LogP contribution in [0, 0.1) is 5.92 Å². The Kier molecular flexibility index (Phi) is 3.66. The number of hydrogen-bond acceptors (Lipinski definition) is 3. The Morgan fingerprint density at radius 2 is 2.28 bits per heavy atom. The van der Waals surface area contributed by atoms with Gasteiger partial charge >= 0.3 is 0 Å². The third-order valence-electron chi connectivity index (χ3n) is 4.16. The van der Waals surface area contributed by atoms with Crippen LogP contribution in [0.3, 0.4) is 0 Å². The molecule has 0 amide bonds. The monoisotopic (exact) mass is 248 g/mol.